The second-order valence-corrected chi connectivity index (χ2v) is 6.52. The standard InChI is InChI=1S/C19H28N2O3/c1-15-8-10-16(11-9-15)14-21(13-12-18(22)24-2)19(23)20-17-6-4-3-5-7-17/h8-11,17H,3-7,12-14H2,1-2H3,(H,20,23). The molecule has 1 aliphatic rings. The molecule has 1 aliphatic carbocycles. The summed E-state index contributed by atoms with van der Waals surface area (Å²) in [5.41, 5.74) is 2.25. The van der Waals surface area contributed by atoms with E-state index in [0.29, 0.717) is 13.1 Å². The van der Waals surface area contributed by atoms with Crippen LogP contribution in [0, 0.1) is 6.92 Å². The Bertz CT molecular complexity index is 536. The number of hydrogen-bond donors (Lipinski definition) is 1. The van der Waals surface area contributed by atoms with Gasteiger partial charge in [-0.2, -0.15) is 0 Å². The van der Waals surface area contributed by atoms with Crippen molar-refractivity contribution >= 4 is 12.0 Å². The number of nitrogens with one attached hydrogen (secondary N) is 1. The van der Waals surface area contributed by atoms with Crippen molar-refractivity contribution in [2.24, 2.45) is 0 Å². The summed E-state index contributed by atoms with van der Waals surface area (Å²) in [5, 5.41) is 3.13. The molecule has 24 heavy (non-hydrogen) atoms. The van der Waals surface area contributed by atoms with Gasteiger partial charge in [-0.05, 0) is 25.3 Å². The van der Waals surface area contributed by atoms with Crippen LogP contribution in [0.15, 0.2) is 24.3 Å². The first-order valence-corrected chi connectivity index (χ1v) is 8.76. The number of rotatable bonds is 6. The first-order valence-electron chi connectivity index (χ1n) is 8.76. The van der Waals surface area contributed by atoms with E-state index in [4.69, 9.17) is 4.74 Å². The van der Waals surface area contributed by atoms with Crippen LogP contribution in [-0.4, -0.2) is 36.6 Å². The fraction of sp³-hybridized carbons (Fsp3) is 0.579. The minimum atomic E-state index is -0.297. The molecular formula is C19H28N2O3. The van der Waals surface area contributed by atoms with Gasteiger partial charge in [-0.25, -0.2) is 4.79 Å². The van der Waals surface area contributed by atoms with Gasteiger partial charge in [0, 0.05) is 19.1 Å². The number of hydrogen-bond acceptors (Lipinski definition) is 3. The Morgan fingerprint density at radius 1 is 1.17 bits per heavy atom. The van der Waals surface area contributed by atoms with Crippen LogP contribution in [0.4, 0.5) is 4.79 Å². The maximum atomic E-state index is 12.6. The van der Waals surface area contributed by atoms with E-state index in [1.54, 1.807) is 4.90 Å². The molecule has 0 aliphatic heterocycles. The van der Waals surface area contributed by atoms with Gasteiger partial charge in [0.05, 0.1) is 13.5 Å². The third-order valence-electron chi connectivity index (χ3n) is 4.53. The predicted octanol–water partition coefficient (Wildman–Crippen LogP) is 3.40. The molecule has 0 aromatic heterocycles. The van der Waals surface area contributed by atoms with Crippen LogP contribution in [0.25, 0.3) is 0 Å². The van der Waals surface area contributed by atoms with Crippen LogP contribution < -0.4 is 5.32 Å². The molecule has 0 spiro atoms. The summed E-state index contributed by atoms with van der Waals surface area (Å²) in [4.78, 5) is 25.8. The van der Waals surface area contributed by atoms with Gasteiger partial charge < -0.3 is 15.0 Å². The van der Waals surface area contributed by atoms with Crippen LogP contribution >= 0.6 is 0 Å². The molecule has 0 unspecified atom stereocenters. The zero-order valence-corrected chi connectivity index (χ0v) is 14.7. The van der Waals surface area contributed by atoms with Gasteiger partial charge in [0.1, 0.15) is 0 Å². The van der Waals surface area contributed by atoms with Gasteiger partial charge in [0.15, 0.2) is 0 Å². The van der Waals surface area contributed by atoms with Crippen LogP contribution in [0.2, 0.25) is 0 Å². The molecule has 1 N–H and O–H groups in total. The summed E-state index contributed by atoms with van der Waals surface area (Å²) in [6.07, 6.45) is 5.89. The highest BCUT2D eigenvalue weighted by Gasteiger charge is 2.20. The zero-order chi connectivity index (χ0) is 17.4. The molecule has 0 bridgehead atoms. The first-order chi connectivity index (χ1) is 11.6. The molecule has 2 rings (SSSR count). The van der Waals surface area contributed by atoms with Gasteiger partial charge in [0.2, 0.25) is 0 Å². The lowest BCUT2D eigenvalue weighted by Crippen LogP contribution is -2.45. The number of aryl methyl sites for hydroxylation is 1. The molecule has 2 amide bonds. The quantitative estimate of drug-likeness (QED) is 0.812. The molecule has 5 nitrogen and oxygen atoms in total. The lowest BCUT2D eigenvalue weighted by molar-refractivity contribution is -0.140. The van der Waals surface area contributed by atoms with Gasteiger partial charge in [0.25, 0.3) is 0 Å². The van der Waals surface area contributed by atoms with Crippen molar-refractivity contribution in [2.75, 3.05) is 13.7 Å². The number of amides is 2. The minimum Gasteiger partial charge on any atom is -0.469 e. The number of carbonyl (C=O) groups is 2. The molecule has 132 valence electrons. The fourth-order valence-electron chi connectivity index (χ4n) is 3.01. The van der Waals surface area contributed by atoms with Crippen LogP contribution in [0.3, 0.4) is 0 Å². The Hall–Kier alpha value is -2.04. The zero-order valence-electron chi connectivity index (χ0n) is 14.7. The summed E-state index contributed by atoms with van der Waals surface area (Å²) in [6.45, 7) is 2.89. The van der Waals surface area contributed by atoms with Crippen molar-refractivity contribution in [3.63, 3.8) is 0 Å². The summed E-state index contributed by atoms with van der Waals surface area (Å²) >= 11 is 0. The van der Waals surface area contributed by atoms with E-state index in [1.165, 1.54) is 31.9 Å². The van der Waals surface area contributed by atoms with Gasteiger partial charge in [-0.15, -0.1) is 0 Å². The van der Waals surface area contributed by atoms with E-state index in [0.717, 1.165) is 18.4 Å². The lowest BCUT2D eigenvalue weighted by Gasteiger charge is -2.28. The number of nitrogens with zero attached hydrogens (tertiary/aromatic N) is 1. The van der Waals surface area contributed by atoms with Crippen LogP contribution in [-0.2, 0) is 16.1 Å². The average molecular weight is 332 g/mol. The molecule has 5 heteroatoms. The highest BCUT2D eigenvalue weighted by Crippen LogP contribution is 2.18. The Labute approximate surface area is 144 Å². The number of esters is 1. The SMILES string of the molecule is COC(=O)CCN(Cc1ccc(C)cc1)C(=O)NC1CCCCC1. The van der Waals surface area contributed by atoms with Crippen molar-refractivity contribution in [3.05, 3.63) is 35.4 Å². The van der Waals surface area contributed by atoms with E-state index < -0.39 is 0 Å². The summed E-state index contributed by atoms with van der Waals surface area (Å²) in [7, 11) is 1.37. The fourth-order valence-corrected chi connectivity index (χ4v) is 3.01. The summed E-state index contributed by atoms with van der Waals surface area (Å²) < 4.78 is 4.70. The molecule has 0 radical (unpaired) electrons. The van der Waals surface area contributed by atoms with Crippen molar-refractivity contribution in [2.45, 2.75) is 58.0 Å². The topological polar surface area (TPSA) is 58.6 Å². The largest absolute Gasteiger partial charge is 0.469 e. The van der Waals surface area contributed by atoms with E-state index >= 15 is 0 Å². The van der Waals surface area contributed by atoms with E-state index in [1.807, 2.05) is 31.2 Å². The molecule has 0 saturated heterocycles. The van der Waals surface area contributed by atoms with Gasteiger partial charge in [-0.3, -0.25) is 4.79 Å². The smallest absolute Gasteiger partial charge is 0.317 e. The Balaban J connectivity index is 1.98. The molecule has 1 aromatic rings. The first kappa shape index (κ1) is 18.3. The number of methoxy groups -OCH3 is 1. The number of benzene rings is 1. The van der Waals surface area contributed by atoms with Gasteiger partial charge >= 0.3 is 12.0 Å². The van der Waals surface area contributed by atoms with Crippen molar-refractivity contribution in [1.82, 2.24) is 10.2 Å². The Kier molecular flexibility index (Phi) is 7.09. The summed E-state index contributed by atoms with van der Waals surface area (Å²) in [6, 6.07) is 8.28. The van der Waals surface area contributed by atoms with Crippen molar-refractivity contribution in [3.8, 4) is 0 Å². The second-order valence-electron chi connectivity index (χ2n) is 6.52. The van der Waals surface area contributed by atoms with Crippen LogP contribution in [0.1, 0.15) is 49.7 Å². The normalized spacial score (nSPS) is 14.9. The lowest BCUT2D eigenvalue weighted by atomic mass is 9.96. The van der Waals surface area contributed by atoms with Crippen LogP contribution in [0.5, 0.6) is 0 Å². The highest BCUT2D eigenvalue weighted by molar-refractivity contribution is 5.76. The molecule has 1 aromatic carbocycles. The third-order valence-corrected chi connectivity index (χ3v) is 4.53. The number of ether oxygens (including phenoxy) is 1. The predicted molar refractivity (Wildman–Crippen MR) is 93.6 cm³/mol. The third kappa shape index (κ3) is 5.87. The number of urea groups is 1. The molecular weight excluding hydrogens is 304 g/mol. The Morgan fingerprint density at radius 2 is 1.83 bits per heavy atom. The Morgan fingerprint density at radius 3 is 2.46 bits per heavy atom. The highest BCUT2D eigenvalue weighted by atomic mass is 16.5. The van der Waals surface area contributed by atoms with E-state index in [-0.39, 0.29) is 24.5 Å². The van der Waals surface area contributed by atoms with E-state index in [2.05, 4.69) is 5.32 Å². The van der Waals surface area contributed by atoms with Crippen molar-refractivity contribution in [1.29, 1.82) is 0 Å². The average Bonchev–Trinajstić information content (AvgIpc) is 2.60. The summed E-state index contributed by atoms with van der Waals surface area (Å²) in [5.74, 6) is -0.297. The van der Waals surface area contributed by atoms with E-state index in [9.17, 15) is 9.59 Å². The molecule has 1 fully saturated rings. The molecule has 0 heterocycles. The van der Waals surface area contributed by atoms with Crippen molar-refractivity contribution < 1.29 is 14.3 Å². The maximum Gasteiger partial charge on any atom is 0.317 e. The molecule has 0 atom stereocenters. The monoisotopic (exact) mass is 332 g/mol. The molecule has 1 saturated carbocycles. The second kappa shape index (κ2) is 9.30. The number of carbonyl (C=O) groups excluding carboxylic acids is 2. The minimum absolute atomic E-state index is 0.0913. The maximum absolute atomic E-state index is 12.6. The van der Waals surface area contributed by atoms with Gasteiger partial charge in [-0.1, -0.05) is 49.1 Å².